The van der Waals surface area contributed by atoms with Gasteiger partial charge >= 0.3 is 6.18 Å². The van der Waals surface area contributed by atoms with Gasteiger partial charge in [0.05, 0.1) is 18.7 Å². The molecule has 0 bridgehead atoms. The Morgan fingerprint density at radius 3 is 2.53 bits per heavy atom. The van der Waals surface area contributed by atoms with Gasteiger partial charge in [0.15, 0.2) is 11.4 Å². The molecular formula is C22H24F3N3O4. The van der Waals surface area contributed by atoms with Crippen molar-refractivity contribution in [2.75, 3.05) is 13.2 Å². The summed E-state index contributed by atoms with van der Waals surface area (Å²) in [5, 5.41) is 2.54. The fourth-order valence-corrected chi connectivity index (χ4v) is 3.62. The van der Waals surface area contributed by atoms with Crippen molar-refractivity contribution in [2.24, 2.45) is 0 Å². The van der Waals surface area contributed by atoms with Crippen LogP contribution in [-0.2, 0) is 19.3 Å². The van der Waals surface area contributed by atoms with Crippen LogP contribution in [0.2, 0.25) is 0 Å². The van der Waals surface area contributed by atoms with Gasteiger partial charge in [0.25, 0.3) is 11.8 Å². The van der Waals surface area contributed by atoms with Gasteiger partial charge in [-0.25, -0.2) is 0 Å². The number of rotatable bonds is 6. The van der Waals surface area contributed by atoms with Gasteiger partial charge in [-0.05, 0) is 39.0 Å². The number of nitrogens with zero attached hydrogens (tertiary/aromatic N) is 2. The van der Waals surface area contributed by atoms with Crippen molar-refractivity contribution in [1.82, 2.24) is 14.8 Å². The van der Waals surface area contributed by atoms with E-state index >= 15 is 0 Å². The summed E-state index contributed by atoms with van der Waals surface area (Å²) in [4.78, 5) is 39.8. The zero-order chi connectivity index (χ0) is 23.6. The van der Waals surface area contributed by atoms with Crippen LogP contribution < -0.4 is 15.5 Å². The first-order valence-corrected chi connectivity index (χ1v) is 10.2. The molecule has 10 heteroatoms. The SMILES string of the molecule is CCOc1c2n(c(CNC(=O)c3cccc(C(F)(F)F)c3)cc1=O)CCN(C(C)C)C2=O. The van der Waals surface area contributed by atoms with E-state index in [1.54, 1.807) is 16.4 Å². The Morgan fingerprint density at radius 2 is 1.91 bits per heavy atom. The van der Waals surface area contributed by atoms with E-state index in [0.29, 0.717) is 18.8 Å². The molecule has 2 heterocycles. The molecule has 0 spiro atoms. The minimum Gasteiger partial charge on any atom is -0.488 e. The zero-order valence-electron chi connectivity index (χ0n) is 18.0. The number of pyridine rings is 1. The molecule has 0 atom stereocenters. The highest BCUT2D eigenvalue weighted by Gasteiger charge is 2.33. The molecule has 3 rings (SSSR count). The quantitative estimate of drug-likeness (QED) is 0.732. The van der Waals surface area contributed by atoms with Crippen molar-refractivity contribution in [1.29, 1.82) is 0 Å². The lowest BCUT2D eigenvalue weighted by atomic mass is 10.1. The standard InChI is InChI=1S/C22H24F3N3O4/c1-4-32-19-17(29)11-16(28-9-8-27(13(2)3)21(31)18(19)28)12-26-20(30)14-6-5-7-15(10-14)22(23,24)25/h5-7,10-11,13H,4,8-9,12H2,1-3H3,(H,26,30). The number of halogens is 3. The van der Waals surface area contributed by atoms with Gasteiger partial charge in [-0.2, -0.15) is 13.2 Å². The van der Waals surface area contributed by atoms with E-state index in [1.165, 1.54) is 12.1 Å². The molecular weight excluding hydrogens is 427 g/mol. The molecule has 1 aliphatic rings. The molecule has 1 aromatic heterocycles. The molecule has 1 N–H and O–H groups in total. The lowest BCUT2D eigenvalue weighted by Gasteiger charge is -2.34. The number of carbonyl (C=O) groups excluding carboxylic acids is 2. The van der Waals surface area contributed by atoms with E-state index in [-0.39, 0.29) is 42.1 Å². The van der Waals surface area contributed by atoms with Gasteiger partial charge in [-0.3, -0.25) is 14.4 Å². The summed E-state index contributed by atoms with van der Waals surface area (Å²) >= 11 is 0. The summed E-state index contributed by atoms with van der Waals surface area (Å²) in [5.41, 5.74) is -1.11. The number of aromatic nitrogens is 1. The number of ether oxygens (including phenoxy) is 1. The molecule has 0 saturated heterocycles. The van der Waals surface area contributed by atoms with E-state index in [9.17, 15) is 27.6 Å². The first-order valence-electron chi connectivity index (χ1n) is 10.2. The Hall–Kier alpha value is -3.30. The van der Waals surface area contributed by atoms with Crippen molar-refractivity contribution < 1.29 is 27.5 Å². The largest absolute Gasteiger partial charge is 0.488 e. The molecule has 0 aliphatic carbocycles. The Labute approximate surface area is 182 Å². The van der Waals surface area contributed by atoms with Crippen molar-refractivity contribution in [3.8, 4) is 5.75 Å². The van der Waals surface area contributed by atoms with E-state index in [0.717, 1.165) is 18.2 Å². The van der Waals surface area contributed by atoms with Crippen LogP contribution in [0.3, 0.4) is 0 Å². The van der Waals surface area contributed by atoms with Crippen molar-refractivity contribution in [2.45, 2.75) is 46.1 Å². The Balaban J connectivity index is 1.92. The zero-order valence-corrected chi connectivity index (χ0v) is 18.0. The lowest BCUT2D eigenvalue weighted by Crippen LogP contribution is -2.46. The van der Waals surface area contributed by atoms with Gasteiger partial charge in [0, 0.05) is 36.5 Å². The minimum absolute atomic E-state index is 0.0456. The van der Waals surface area contributed by atoms with Gasteiger partial charge in [0.1, 0.15) is 0 Å². The number of benzene rings is 1. The van der Waals surface area contributed by atoms with Crippen LogP contribution in [0.4, 0.5) is 13.2 Å². The maximum atomic E-state index is 13.0. The summed E-state index contributed by atoms with van der Waals surface area (Å²) in [7, 11) is 0. The molecule has 32 heavy (non-hydrogen) atoms. The monoisotopic (exact) mass is 451 g/mol. The third kappa shape index (κ3) is 4.63. The second-order valence-corrected chi connectivity index (χ2v) is 7.62. The summed E-state index contributed by atoms with van der Waals surface area (Å²) in [6.07, 6.45) is -4.57. The van der Waals surface area contributed by atoms with Crippen molar-refractivity contribution >= 4 is 11.8 Å². The first kappa shape index (κ1) is 23.4. The van der Waals surface area contributed by atoms with Crippen LogP contribution in [0.15, 0.2) is 35.1 Å². The number of alkyl halides is 3. The van der Waals surface area contributed by atoms with Crippen LogP contribution in [-0.4, -0.2) is 40.5 Å². The number of nitrogens with one attached hydrogen (secondary N) is 1. The molecule has 0 fully saturated rings. The van der Waals surface area contributed by atoms with E-state index in [4.69, 9.17) is 4.74 Å². The highest BCUT2D eigenvalue weighted by atomic mass is 19.4. The Bertz CT molecular complexity index is 1090. The first-order chi connectivity index (χ1) is 15.0. The molecule has 2 amide bonds. The fourth-order valence-electron chi connectivity index (χ4n) is 3.62. The number of amides is 2. The van der Waals surface area contributed by atoms with Gasteiger partial charge < -0.3 is 19.5 Å². The maximum absolute atomic E-state index is 13.0. The molecule has 0 unspecified atom stereocenters. The summed E-state index contributed by atoms with van der Waals surface area (Å²) in [5.74, 6) is -1.12. The Kier molecular flexibility index (Phi) is 6.61. The normalized spacial score (nSPS) is 13.8. The predicted octanol–water partition coefficient (Wildman–Crippen LogP) is 3.06. The minimum atomic E-state index is -4.57. The average Bonchev–Trinajstić information content (AvgIpc) is 2.73. The van der Waals surface area contributed by atoms with Gasteiger partial charge in [-0.15, -0.1) is 0 Å². The molecule has 0 saturated carbocycles. The maximum Gasteiger partial charge on any atom is 0.416 e. The second kappa shape index (κ2) is 9.05. The smallest absolute Gasteiger partial charge is 0.416 e. The summed E-state index contributed by atoms with van der Waals surface area (Å²) in [6, 6.07) is 5.27. The van der Waals surface area contributed by atoms with Crippen LogP contribution in [0.1, 0.15) is 52.9 Å². The number of hydrogen-bond donors (Lipinski definition) is 1. The van der Waals surface area contributed by atoms with Crippen LogP contribution >= 0.6 is 0 Å². The topological polar surface area (TPSA) is 80.6 Å². The number of hydrogen-bond acceptors (Lipinski definition) is 4. The van der Waals surface area contributed by atoms with Crippen LogP contribution in [0.5, 0.6) is 5.75 Å². The molecule has 1 aromatic carbocycles. The van der Waals surface area contributed by atoms with Crippen LogP contribution in [0.25, 0.3) is 0 Å². The summed E-state index contributed by atoms with van der Waals surface area (Å²) in [6.45, 7) is 6.28. The third-order valence-corrected chi connectivity index (χ3v) is 5.18. The van der Waals surface area contributed by atoms with Crippen molar-refractivity contribution in [3.05, 3.63) is 63.1 Å². The molecule has 2 aromatic rings. The van der Waals surface area contributed by atoms with Gasteiger partial charge in [0.2, 0.25) is 5.43 Å². The van der Waals surface area contributed by atoms with E-state index in [2.05, 4.69) is 5.32 Å². The average molecular weight is 451 g/mol. The van der Waals surface area contributed by atoms with Gasteiger partial charge in [-0.1, -0.05) is 6.07 Å². The highest BCUT2D eigenvalue weighted by molar-refractivity contribution is 5.96. The lowest BCUT2D eigenvalue weighted by molar-refractivity contribution is -0.137. The summed E-state index contributed by atoms with van der Waals surface area (Å²) < 4.78 is 45.8. The number of fused-ring (bicyclic) bond motifs is 1. The van der Waals surface area contributed by atoms with E-state index in [1.807, 2.05) is 13.8 Å². The number of carbonyl (C=O) groups is 2. The molecule has 0 radical (unpaired) electrons. The predicted molar refractivity (Wildman–Crippen MR) is 111 cm³/mol. The van der Waals surface area contributed by atoms with E-state index < -0.39 is 23.1 Å². The molecule has 1 aliphatic heterocycles. The highest BCUT2D eigenvalue weighted by Crippen LogP contribution is 2.29. The third-order valence-electron chi connectivity index (χ3n) is 5.18. The molecule has 172 valence electrons. The fraction of sp³-hybridized carbons (Fsp3) is 0.409. The second-order valence-electron chi connectivity index (χ2n) is 7.62. The van der Waals surface area contributed by atoms with Crippen LogP contribution in [0, 0.1) is 0 Å². The Morgan fingerprint density at radius 1 is 1.19 bits per heavy atom. The molecule has 7 nitrogen and oxygen atoms in total. The van der Waals surface area contributed by atoms with Crippen molar-refractivity contribution in [3.63, 3.8) is 0 Å².